The molecule has 1 amide bonds. The maximum Gasteiger partial charge on any atom is 0.224 e. The minimum absolute atomic E-state index is 0.0291. The molecule has 0 aliphatic carbocycles. The monoisotopic (exact) mass is 558 g/mol. The Bertz CT molecular complexity index is 1060. The van der Waals surface area contributed by atoms with Gasteiger partial charge in [0.2, 0.25) is 5.91 Å². The Morgan fingerprint density at radius 2 is 1.15 bits per heavy atom. The molecule has 3 rings (SSSR count). The highest BCUT2D eigenvalue weighted by Gasteiger charge is 2.37. The summed E-state index contributed by atoms with van der Waals surface area (Å²) >= 11 is 0. The van der Waals surface area contributed by atoms with Crippen LogP contribution < -0.4 is 5.32 Å². The van der Waals surface area contributed by atoms with Gasteiger partial charge >= 0.3 is 0 Å². The third kappa shape index (κ3) is 10.4. The van der Waals surface area contributed by atoms with Crippen LogP contribution in [-0.2, 0) is 29.3 Å². The van der Waals surface area contributed by atoms with Crippen LogP contribution in [0.2, 0.25) is 0 Å². The average Bonchev–Trinajstić information content (AvgIpc) is 3.02. The molecule has 0 saturated heterocycles. The lowest BCUT2D eigenvalue weighted by Gasteiger charge is -2.36. The van der Waals surface area contributed by atoms with Crippen molar-refractivity contribution in [1.29, 1.82) is 0 Å². The first kappa shape index (κ1) is 32.0. The summed E-state index contributed by atoms with van der Waals surface area (Å²) in [6.45, 7) is 4.97. The lowest BCUT2D eigenvalue weighted by molar-refractivity contribution is -0.129. The molecule has 0 aliphatic rings. The van der Waals surface area contributed by atoms with E-state index in [4.69, 9.17) is 25.4 Å². The van der Waals surface area contributed by atoms with E-state index in [0.29, 0.717) is 72.3 Å². The summed E-state index contributed by atoms with van der Waals surface area (Å²) < 4.78 is 23.7. The fraction of sp³-hybridized carbons (Fsp3) is 0.382. The molecule has 0 atom stereocenters. The number of rotatable bonds is 20. The lowest BCUT2D eigenvalue weighted by Crippen LogP contribution is -2.34. The normalized spacial score (nSPS) is 11.2. The molecular formula is C34H42N2O5. The molecule has 0 radical (unpaired) electrons. The van der Waals surface area contributed by atoms with E-state index in [1.54, 1.807) is 11.9 Å². The van der Waals surface area contributed by atoms with Gasteiger partial charge in [-0.3, -0.25) is 4.79 Å². The number of hydrogen-bond acceptors (Lipinski definition) is 6. The highest BCUT2D eigenvalue weighted by molar-refractivity contribution is 5.76. The van der Waals surface area contributed by atoms with Gasteiger partial charge in [-0.2, -0.15) is 0 Å². The van der Waals surface area contributed by atoms with Crippen molar-refractivity contribution >= 4 is 5.91 Å². The SMILES string of the molecule is C#CCN(C)C(=O)CCNCCOCCOCCOCCOC(c1ccccc1)(c1ccccc1)c1ccccc1. The molecule has 0 aliphatic heterocycles. The van der Waals surface area contributed by atoms with Gasteiger partial charge in [0.15, 0.2) is 0 Å². The smallest absolute Gasteiger partial charge is 0.224 e. The summed E-state index contributed by atoms with van der Waals surface area (Å²) in [5.41, 5.74) is 2.45. The van der Waals surface area contributed by atoms with E-state index in [0.717, 1.165) is 16.7 Å². The molecule has 0 fully saturated rings. The molecule has 3 aromatic carbocycles. The number of amides is 1. The van der Waals surface area contributed by atoms with E-state index >= 15 is 0 Å². The van der Waals surface area contributed by atoms with Crippen LogP contribution in [0.5, 0.6) is 0 Å². The Morgan fingerprint density at radius 3 is 1.61 bits per heavy atom. The minimum atomic E-state index is -0.746. The third-order valence-electron chi connectivity index (χ3n) is 6.52. The summed E-state index contributed by atoms with van der Waals surface area (Å²) in [7, 11) is 1.71. The number of carbonyl (C=O) groups excluding carboxylic acids is 1. The van der Waals surface area contributed by atoms with Crippen molar-refractivity contribution in [3.05, 3.63) is 108 Å². The van der Waals surface area contributed by atoms with E-state index < -0.39 is 5.60 Å². The van der Waals surface area contributed by atoms with Crippen LogP contribution >= 0.6 is 0 Å². The topological polar surface area (TPSA) is 69.3 Å². The van der Waals surface area contributed by atoms with Crippen molar-refractivity contribution < 1.29 is 23.7 Å². The lowest BCUT2D eigenvalue weighted by atomic mass is 9.80. The predicted molar refractivity (Wildman–Crippen MR) is 162 cm³/mol. The summed E-state index contributed by atoms with van der Waals surface area (Å²) in [6, 6.07) is 30.9. The molecule has 0 unspecified atom stereocenters. The molecule has 0 bridgehead atoms. The maximum absolute atomic E-state index is 11.8. The fourth-order valence-corrected chi connectivity index (χ4v) is 4.44. The second-order valence-corrected chi connectivity index (χ2v) is 9.42. The van der Waals surface area contributed by atoms with Gasteiger partial charge in [0, 0.05) is 26.6 Å². The van der Waals surface area contributed by atoms with Gasteiger partial charge in [-0.1, -0.05) is 96.9 Å². The minimum Gasteiger partial charge on any atom is -0.378 e. The van der Waals surface area contributed by atoms with Crippen molar-refractivity contribution in [2.24, 2.45) is 0 Å². The van der Waals surface area contributed by atoms with Crippen LogP contribution in [0.25, 0.3) is 0 Å². The van der Waals surface area contributed by atoms with E-state index in [2.05, 4.69) is 47.6 Å². The average molecular weight is 559 g/mol. The van der Waals surface area contributed by atoms with Gasteiger partial charge in [-0.25, -0.2) is 0 Å². The molecule has 0 heterocycles. The van der Waals surface area contributed by atoms with Gasteiger partial charge in [0.1, 0.15) is 5.60 Å². The predicted octanol–water partition coefficient (Wildman–Crippen LogP) is 4.12. The zero-order chi connectivity index (χ0) is 29.0. The molecular weight excluding hydrogens is 516 g/mol. The van der Waals surface area contributed by atoms with E-state index in [9.17, 15) is 4.79 Å². The van der Waals surface area contributed by atoms with E-state index in [1.165, 1.54) is 0 Å². The zero-order valence-corrected chi connectivity index (χ0v) is 24.0. The van der Waals surface area contributed by atoms with E-state index in [1.807, 2.05) is 54.6 Å². The first-order valence-electron chi connectivity index (χ1n) is 14.1. The van der Waals surface area contributed by atoms with Gasteiger partial charge in [-0.05, 0) is 16.7 Å². The quantitative estimate of drug-likeness (QED) is 0.128. The van der Waals surface area contributed by atoms with Crippen LogP contribution in [0.3, 0.4) is 0 Å². The van der Waals surface area contributed by atoms with Crippen molar-refractivity contribution in [2.75, 3.05) is 72.9 Å². The molecule has 218 valence electrons. The number of nitrogens with zero attached hydrogens (tertiary/aromatic N) is 1. The van der Waals surface area contributed by atoms with Gasteiger partial charge in [0.25, 0.3) is 0 Å². The maximum atomic E-state index is 11.8. The molecule has 0 spiro atoms. The summed E-state index contributed by atoms with van der Waals surface area (Å²) in [4.78, 5) is 13.3. The second-order valence-electron chi connectivity index (χ2n) is 9.42. The standard InChI is InChI=1S/C34H42N2O5/c1-3-22-36(2)33(37)19-20-35-21-23-38-24-25-39-26-27-40-28-29-41-34(30-13-7-4-8-14-30,31-15-9-5-10-16-31)32-17-11-6-12-18-32/h1,4-18,35H,19-29H2,2H3. The molecule has 7 nitrogen and oxygen atoms in total. The first-order valence-corrected chi connectivity index (χ1v) is 14.1. The highest BCUT2D eigenvalue weighted by atomic mass is 16.6. The van der Waals surface area contributed by atoms with Crippen molar-refractivity contribution in [3.63, 3.8) is 0 Å². The molecule has 41 heavy (non-hydrogen) atoms. The van der Waals surface area contributed by atoms with E-state index in [-0.39, 0.29) is 5.91 Å². The molecule has 7 heteroatoms. The second kappa shape index (κ2) is 18.8. The van der Waals surface area contributed by atoms with Crippen LogP contribution in [0, 0.1) is 12.3 Å². The number of ether oxygens (including phenoxy) is 4. The summed E-state index contributed by atoms with van der Waals surface area (Å²) in [5.74, 6) is 2.49. The Kier molecular flexibility index (Phi) is 14.7. The van der Waals surface area contributed by atoms with Crippen molar-refractivity contribution in [1.82, 2.24) is 10.2 Å². The number of carbonyl (C=O) groups is 1. The Morgan fingerprint density at radius 1 is 0.707 bits per heavy atom. The number of terminal acetylenes is 1. The first-order chi connectivity index (χ1) is 20.2. The van der Waals surface area contributed by atoms with Gasteiger partial charge < -0.3 is 29.2 Å². The Labute approximate surface area is 244 Å². The number of nitrogens with one attached hydrogen (secondary N) is 1. The van der Waals surface area contributed by atoms with Crippen LogP contribution in [-0.4, -0.2) is 83.7 Å². The molecule has 1 N–H and O–H groups in total. The van der Waals surface area contributed by atoms with Crippen molar-refractivity contribution in [3.8, 4) is 12.3 Å². The van der Waals surface area contributed by atoms with Gasteiger partial charge in [0.05, 0.1) is 52.8 Å². The molecule has 3 aromatic rings. The summed E-state index contributed by atoms with van der Waals surface area (Å²) in [5, 5.41) is 3.19. The van der Waals surface area contributed by atoms with Crippen LogP contribution in [0.1, 0.15) is 23.1 Å². The molecule has 0 saturated carbocycles. The fourth-order valence-electron chi connectivity index (χ4n) is 4.44. The van der Waals surface area contributed by atoms with Crippen LogP contribution in [0.4, 0.5) is 0 Å². The number of hydrogen-bond donors (Lipinski definition) is 1. The Hall–Kier alpha value is -3.51. The molecule has 0 aromatic heterocycles. The largest absolute Gasteiger partial charge is 0.378 e. The highest BCUT2D eigenvalue weighted by Crippen LogP contribution is 2.40. The zero-order valence-electron chi connectivity index (χ0n) is 24.0. The van der Waals surface area contributed by atoms with Crippen LogP contribution in [0.15, 0.2) is 91.0 Å². The number of benzene rings is 3. The van der Waals surface area contributed by atoms with Gasteiger partial charge in [-0.15, -0.1) is 6.42 Å². The van der Waals surface area contributed by atoms with Crippen molar-refractivity contribution in [2.45, 2.75) is 12.0 Å². The summed E-state index contributed by atoms with van der Waals surface area (Å²) in [6.07, 6.45) is 5.63. The third-order valence-corrected chi connectivity index (χ3v) is 6.52. The Balaban J connectivity index is 1.33.